The minimum Gasteiger partial charge on any atom is -0.272 e. The van der Waals surface area contributed by atoms with Gasteiger partial charge < -0.3 is 0 Å². The average molecular weight is 217 g/mol. The number of nitrogens with zero attached hydrogens (tertiary/aromatic N) is 1. The smallest absolute Gasteiger partial charge is 0.254 e. The third-order valence-electron chi connectivity index (χ3n) is 2.86. The lowest BCUT2D eigenvalue weighted by Crippen LogP contribution is -2.40. The van der Waals surface area contributed by atoms with Gasteiger partial charge in [0.05, 0.1) is 12.8 Å². The number of hydroxylamine groups is 1. The molecule has 0 bridgehead atoms. The van der Waals surface area contributed by atoms with E-state index in [4.69, 9.17) is 4.84 Å². The first-order valence-corrected chi connectivity index (χ1v) is 5.34. The number of fused-ring (bicyclic) bond motifs is 1. The molecule has 0 saturated heterocycles. The minimum absolute atomic E-state index is 0.0149. The lowest BCUT2D eigenvalue weighted by atomic mass is 9.90. The van der Waals surface area contributed by atoms with E-state index in [1.165, 1.54) is 12.2 Å². The summed E-state index contributed by atoms with van der Waals surface area (Å²) in [7, 11) is 1.52. The molecule has 0 N–H and O–H groups in total. The maximum atomic E-state index is 12.1. The van der Waals surface area contributed by atoms with E-state index in [0.717, 1.165) is 17.7 Å². The Morgan fingerprint density at radius 1 is 1.56 bits per heavy atom. The molecule has 1 unspecified atom stereocenters. The van der Waals surface area contributed by atoms with E-state index < -0.39 is 0 Å². The minimum atomic E-state index is -0.0488. The Labute approximate surface area is 95.3 Å². The van der Waals surface area contributed by atoms with Gasteiger partial charge in [-0.25, -0.2) is 0 Å². The quantitative estimate of drug-likeness (QED) is 0.727. The van der Waals surface area contributed by atoms with Gasteiger partial charge in [-0.05, 0) is 24.5 Å². The lowest BCUT2D eigenvalue weighted by Gasteiger charge is -2.31. The number of benzene rings is 1. The van der Waals surface area contributed by atoms with Crippen LogP contribution in [-0.2, 0) is 16.1 Å². The molecule has 84 valence electrons. The average Bonchev–Trinajstić information content (AvgIpc) is 2.31. The molecule has 1 atom stereocenters. The molecule has 16 heavy (non-hydrogen) atoms. The Kier molecular flexibility index (Phi) is 3.06. The van der Waals surface area contributed by atoms with Gasteiger partial charge >= 0.3 is 0 Å². The van der Waals surface area contributed by atoms with Gasteiger partial charge in [0.2, 0.25) is 0 Å². The van der Waals surface area contributed by atoms with Crippen molar-refractivity contribution in [2.24, 2.45) is 5.92 Å². The summed E-state index contributed by atoms with van der Waals surface area (Å²) in [6.07, 6.45) is 3.23. The summed E-state index contributed by atoms with van der Waals surface area (Å²) in [4.78, 5) is 17.2. The zero-order chi connectivity index (χ0) is 11.5. The van der Waals surface area contributed by atoms with Crippen LogP contribution in [-0.4, -0.2) is 13.0 Å². The molecule has 1 aromatic carbocycles. The number of carbonyl (C=O) groups is 1. The fraction of sp³-hybridized carbons (Fsp3) is 0.308. The van der Waals surface area contributed by atoms with Crippen molar-refractivity contribution in [1.29, 1.82) is 0 Å². The zero-order valence-corrected chi connectivity index (χ0v) is 9.35. The summed E-state index contributed by atoms with van der Waals surface area (Å²) >= 11 is 0. The Hall–Kier alpha value is -1.61. The standard InChI is InChI=1S/C13H15NO2/c1-3-6-11-9-10-7-4-5-8-12(10)14(16-2)13(11)15/h3-5,7-8,11H,1,6,9H2,2H3. The van der Waals surface area contributed by atoms with Crippen molar-refractivity contribution in [3.05, 3.63) is 42.5 Å². The van der Waals surface area contributed by atoms with E-state index in [-0.39, 0.29) is 11.8 Å². The van der Waals surface area contributed by atoms with Gasteiger partial charge in [0.15, 0.2) is 0 Å². The molecule has 3 nitrogen and oxygen atoms in total. The van der Waals surface area contributed by atoms with Crippen LogP contribution in [0.25, 0.3) is 0 Å². The number of hydrogen-bond donors (Lipinski definition) is 0. The molecular formula is C13H15NO2. The highest BCUT2D eigenvalue weighted by atomic mass is 16.7. The fourth-order valence-corrected chi connectivity index (χ4v) is 2.09. The highest BCUT2D eigenvalue weighted by Crippen LogP contribution is 2.31. The first kappa shape index (κ1) is 10.9. The van der Waals surface area contributed by atoms with E-state index in [0.29, 0.717) is 6.42 Å². The number of carbonyl (C=O) groups excluding carboxylic acids is 1. The maximum absolute atomic E-state index is 12.1. The first-order chi connectivity index (χ1) is 7.77. The summed E-state index contributed by atoms with van der Waals surface area (Å²) < 4.78 is 0. The summed E-state index contributed by atoms with van der Waals surface area (Å²) in [6, 6.07) is 7.82. The summed E-state index contributed by atoms with van der Waals surface area (Å²) in [5, 5.41) is 1.38. The van der Waals surface area contributed by atoms with Gasteiger partial charge in [-0.2, -0.15) is 5.06 Å². The van der Waals surface area contributed by atoms with Gasteiger partial charge in [-0.1, -0.05) is 24.3 Å². The van der Waals surface area contributed by atoms with E-state index in [2.05, 4.69) is 6.58 Å². The van der Waals surface area contributed by atoms with Gasteiger partial charge in [0.25, 0.3) is 5.91 Å². The molecule has 3 heteroatoms. The van der Waals surface area contributed by atoms with Crippen LogP contribution in [0.3, 0.4) is 0 Å². The Morgan fingerprint density at radius 3 is 3.00 bits per heavy atom. The third kappa shape index (κ3) is 1.74. The molecule has 0 fully saturated rings. The number of allylic oxidation sites excluding steroid dienone is 1. The van der Waals surface area contributed by atoms with Crippen LogP contribution in [0.15, 0.2) is 36.9 Å². The van der Waals surface area contributed by atoms with Crippen LogP contribution in [0.4, 0.5) is 5.69 Å². The summed E-state index contributed by atoms with van der Waals surface area (Å²) in [5.74, 6) is -0.0338. The van der Waals surface area contributed by atoms with E-state index in [9.17, 15) is 4.79 Å². The van der Waals surface area contributed by atoms with Crippen molar-refractivity contribution in [1.82, 2.24) is 0 Å². The second-order valence-electron chi connectivity index (χ2n) is 3.87. The SMILES string of the molecule is C=CCC1Cc2ccccc2N(OC)C1=O. The van der Waals surface area contributed by atoms with Gasteiger partial charge in [0.1, 0.15) is 0 Å². The predicted molar refractivity (Wildman–Crippen MR) is 62.9 cm³/mol. The topological polar surface area (TPSA) is 29.5 Å². The largest absolute Gasteiger partial charge is 0.272 e. The first-order valence-electron chi connectivity index (χ1n) is 5.34. The zero-order valence-electron chi connectivity index (χ0n) is 9.35. The van der Waals surface area contributed by atoms with Crippen LogP contribution in [0.2, 0.25) is 0 Å². The van der Waals surface area contributed by atoms with E-state index in [1.54, 1.807) is 6.08 Å². The van der Waals surface area contributed by atoms with Crippen molar-refractivity contribution in [2.45, 2.75) is 12.8 Å². The number of hydrogen-bond acceptors (Lipinski definition) is 2. The number of para-hydroxylation sites is 1. The molecular weight excluding hydrogens is 202 g/mol. The second kappa shape index (κ2) is 4.49. The Morgan fingerprint density at radius 2 is 2.31 bits per heavy atom. The van der Waals surface area contributed by atoms with Gasteiger partial charge in [0, 0.05) is 5.92 Å². The van der Waals surface area contributed by atoms with Crippen LogP contribution < -0.4 is 5.06 Å². The summed E-state index contributed by atoms with van der Waals surface area (Å²) in [5.41, 5.74) is 2.01. The molecule has 0 radical (unpaired) electrons. The number of rotatable bonds is 3. The number of anilines is 1. The normalized spacial score (nSPS) is 19.4. The lowest BCUT2D eigenvalue weighted by molar-refractivity contribution is -0.129. The molecule has 1 heterocycles. The van der Waals surface area contributed by atoms with Crippen molar-refractivity contribution in [3.63, 3.8) is 0 Å². The predicted octanol–water partition coefficient (Wildman–Crippen LogP) is 2.33. The highest BCUT2D eigenvalue weighted by Gasteiger charge is 2.32. The van der Waals surface area contributed by atoms with Crippen LogP contribution in [0.5, 0.6) is 0 Å². The highest BCUT2D eigenvalue weighted by molar-refractivity contribution is 5.96. The van der Waals surface area contributed by atoms with Crippen molar-refractivity contribution in [3.8, 4) is 0 Å². The maximum Gasteiger partial charge on any atom is 0.254 e. The van der Waals surface area contributed by atoms with Crippen LogP contribution in [0, 0.1) is 5.92 Å². The molecule has 0 aliphatic carbocycles. The third-order valence-corrected chi connectivity index (χ3v) is 2.86. The van der Waals surface area contributed by atoms with Crippen LogP contribution in [0.1, 0.15) is 12.0 Å². The molecule has 1 aromatic rings. The molecule has 1 amide bonds. The molecule has 2 rings (SSSR count). The monoisotopic (exact) mass is 217 g/mol. The van der Waals surface area contributed by atoms with Gasteiger partial charge in [-0.15, -0.1) is 6.58 Å². The molecule has 0 aromatic heterocycles. The molecule has 1 aliphatic rings. The molecule has 0 saturated carbocycles. The van der Waals surface area contributed by atoms with E-state index in [1.807, 2.05) is 24.3 Å². The summed E-state index contributed by atoms with van der Waals surface area (Å²) in [6.45, 7) is 3.68. The fourth-order valence-electron chi connectivity index (χ4n) is 2.09. The van der Waals surface area contributed by atoms with E-state index >= 15 is 0 Å². The Balaban J connectivity index is 2.38. The Bertz CT molecular complexity index is 414. The van der Waals surface area contributed by atoms with Crippen molar-refractivity contribution >= 4 is 11.6 Å². The van der Waals surface area contributed by atoms with Crippen molar-refractivity contribution in [2.75, 3.05) is 12.2 Å². The van der Waals surface area contributed by atoms with Gasteiger partial charge in [-0.3, -0.25) is 9.63 Å². The second-order valence-corrected chi connectivity index (χ2v) is 3.87. The number of amides is 1. The van der Waals surface area contributed by atoms with Crippen molar-refractivity contribution < 1.29 is 9.63 Å². The molecule has 1 aliphatic heterocycles. The molecule has 0 spiro atoms. The van der Waals surface area contributed by atoms with Crippen LogP contribution >= 0.6 is 0 Å².